The van der Waals surface area contributed by atoms with Crippen LogP contribution in [0, 0.1) is 10.1 Å². The van der Waals surface area contributed by atoms with Crippen LogP contribution in [-0.4, -0.2) is 38.5 Å². The lowest BCUT2D eigenvalue weighted by molar-refractivity contribution is -0.388. The average molecular weight is 390 g/mol. The normalized spacial score (nSPS) is 19.1. The van der Waals surface area contributed by atoms with Crippen molar-refractivity contribution in [3.8, 4) is 0 Å². The number of hydrogen-bond acceptors (Lipinski definition) is 7. The molecule has 0 bridgehead atoms. The number of hydrogen-bond donors (Lipinski definition) is 2. The van der Waals surface area contributed by atoms with Crippen molar-refractivity contribution in [1.82, 2.24) is 5.32 Å². The van der Waals surface area contributed by atoms with Crippen LogP contribution in [0.3, 0.4) is 0 Å². The number of halogens is 3. The molecule has 0 spiro atoms. The Morgan fingerprint density at radius 2 is 2.15 bits per heavy atom. The zero-order valence-electron chi connectivity index (χ0n) is 12.6. The summed E-state index contributed by atoms with van der Waals surface area (Å²) in [7, 11) is 0. The molecule has 0 radical (unpaired) electrons. The summed E-state index contributed by atoms with van der Waals surface area (Å²) < 4.78 is 38.1. The second-order valence-corrected chi connectivity index (χ2v) is 6.07. The predicted molar refractivity (Wildman–Crippen MR) is 84.9 cm³/mol. The smallest absolute Gasteiger partial charge is 0.422 e. The van der Waals surface area contributed by atoms with Crippen molar-refractivity contribution in [1.29, 1.82) is 0 Å². The topological polar surface area (TPSA) is 134 Å². The molecule has 1 aromatic rings. The molecule has 138 valence electrons. The molecule has 1 unspecified atom stereocenters. The number of thioether (sulfide) groups is 1. The number of nitrogens with one attached hydrogen (secondary N) is 1. The number of alkyl halides is 3. The molecule has 26 heavy (non-hydrogen) atoms. The van der Waals surface area contributed by atoms with Crippen LogP contribution in [0.15, 0.2) is 28.4 Å². The first-order valence-corrected chi connectivity index (χ1v) is 7.62. The molecule has 1 fully saturated rings. The van der Waals surface area contributed by atoms with Crippen molar-refractivity contribution in [3.63, 3.8) is 0 Å². The number of rotatable bonds is 5. The molecule has 2 N–H and O–H groups in total. The van der Waals surface area contributed by atoms with Gasteiger partial charge >= 0.3 is 12.1 Å². The van der Waals surface area contributed by atoms with E-state index in [1.807, 2.05) is 0 Å². The largest absolute Gasteiger partial charge is 0.481 e. The summed E-state index contributed by atoms with van der Waals surface area (Å²) in [4.78, 5) is 31.7. The molecule has 1 aromatic carbocycles. The van der Waals surface area contributed by atoms with Crippen LogP contribution in [0.25, 0.3) is 0 Å². The highest BCUT2D eigenvalue weighted by Gasteiger charge is 2.38. The average Bonchev–Trinajstić information content (AvgIpc) is 2.85. The van der Waals surface area contributed by atoms with Crippen molar-refractivity contribution in [3.05, 3.63) is 39.4 Å². The fraction of sp³-hybridized carbons (Fsp3) is 0.231. The van der Waals surface area contributed by atoms with E-state index < -0.39 is 45.9 Å². The van der Waals surface area contributed by atoms with Crippen molar-refractivity contribution in [2.45, 2.75) is 17.8 Å². The molecule has 1 aliphatic heterocycles. The van der Waals surface area contributed by atoms with E-state index in [1.165, 1.54) is 0 Å². The first-order valence-electron chi connectivity index (χ1n) is 6.74. The number of nitro benzene ring substituents is 1. The summed E-state index contributed by atoms with van der Waals surface area (Å²) in [5, 5.41) is 28.0. The highest BCUT2D eigenvalue weighted by atomic mass is 32.2. The van der Waals surface area contributed by atoms with Gasteiger partial charge in [0.25, 0.3) is 5.69 Å². The molecular formula is C13H9F3N4O5S. The van der Waals surface area contributed by atoms with Crippen LogP contribution >= 0.6 is 11.8 Å². The second kappa shape index (κ2) is 7.51. The number of carboxylic acids is 1. The van der Waals surface area contributed by atoms with E-state index in [2.05, 4.69) is 15.5 Å². The fourth-order valence-corrected chi connectivity index (χ4v) is 2.83. The first-order chi connectivity index (χ1) is 12.1. The van der Waals surface area contributed by atoms with Crippen molar-refractivity contribution in [2.24, 2.45) is 10.2 Å². The molecule has 2 rings (SSSR count). The molecule has 1 atom stereocenters. The third-order valence-electron chi connectivity index (χ3n) is 3.02. The summed E-state index contributed by atoms with van der Waals surface area (Å²) in [5.74, 6) is -1.73. The summed E-state index contributed by atoms with van der Waals surface area (Å²) in [5.41, 5.74) is -2.52. The molecule has 1 aliphatic rings. The lowest BCUT2D eigenvalue weighted by Crippen LogP contribution is -2.26. The zero-order valence-corrected chi connectivity index (χ0v) is 13.4. The predicted octanol–water partition coefficient (Wildman–Crippen LogP) is 2.01. The number of amides is 1. The monoisotopic (exact) mass is 390 g/mol. The van der Waals surface area contributed by atoms with Gasteiger partial charge in [0.2, 0.25) is 5.91 Å². The quantitative estimate of drug-likeness (QED) is 0.449. The molecule has 13 heteroatoms. The van der Waals surface area contributed by atoms with Gasteiger partial charge in [-0.15, -0.1) is 5.10 Å². The van der Waals surface area contributed by atoms with Gasteiger partial charge in [-0.1, -0.05) is 17.8 Å². The third kappa shape index (κ3) is 4.78. The molecule has 0 saturated carbocycles. The number of benzene rings is 1. The number of carbonyl (C=O) groups is 2. The van der Waals surface area contributed by atoms with E-state index in [1.54, 1.807) is 0 Å². The van der Waals surface area contributed by atoms with Crippen LogP contribution in [0.5, 0.6) is 0 Å². The summed E-state index contributed by atoms with van der Waals surface area (Å²) in [6.45, 7) is 0. The van der Waals surface area contributed by atoms with Crippen molar-refractivity contribution < 1.29 is 32.8 Å². The van der Waals surface area contributed by atoms with Gasteiger partial charge in [0.15, 0.2) is 5.17 Å². The van der Waals surface area contributed by atoms with E-state index in [0.717, 1.165) is 24.0 Å². The number of amidine groups is 1. The van der Waals surface area contributed by atoms with Gasteiger partial charge in [-0.3, -0.25) is 19.7 Å². The maximum Gasteiger partial charge on any atom is 0.422 e. The van der Waals surface area contributed by atoms with E-state index in [9.17, 15) is 32.9 Å². The van der Waals surface area contributed by atoms with Crippen LogP contribution in [0.2, 0.25) is 0 Å². The molecular weight excluding hydrogens is 381 g/mol. The number of carboxylic acid groups (broad SMARTS) is 1. The first kappa shape index (κ1) is 19.4. The van der Waals surface area contributed by atoms with E-state index in [4.69, 9.17) is 5.11 Å². The van der Waals surface area contributed by atoms with Crippen molar-refractivity contribution in [2.75, 3.05) is 0 Å². The van der Waals surface area contributed by atoms with Gasteiger partial charge in [0.1, 0.15) is 10.8 Å². The SMILES string of the molecule is O=C(O)CC1SC(=NN=Cc2ccc(C(F)(F)F)c([N+](=O)[O-])c2)NC1=O. The van der Waals surface area contributed by atoms with Crippen LogP contribution in [0.4, 0.5) is 18.9 Å². The Labute approximate surface area is 147 Å². The Hall–Kier alpha value is -2.96. The molecule has 9 nitrogen and oxygen atoms in total. The number of nitro groups is 1. The Kier molecular flexibility index (Phi) is 5.59. The van der Waals surface area contributed by atoms with Gasteiger partial charge < -0.3 is 10.4 Å². The van der Waals surface area contributed by atoms with Gasteiger partial charge in [-0.05, 0) is 6.07 Å². The number of nitrogens with zero attached hydrogens (tertiary/aromatic N) is 3. The molecule has 1 heterocycles. The van der Waals surface area contributed by atoms with Gasteiger partial charge in [-0.2, -0.15) is 18.3 Å². The lowest BCUT2D eigenvalue weighted by Gasteiger charge is -2.07. The standard InChI is InChI=1S/C13H9F3N4O5S/c14-13(15,16)7-2-1-6(3-8(7)20(24)25)5-17-19-12-18-11(23)9(26-12)4-10(21)22/h1-3,5,9H,4H2,(H,21,22)(H,18,19,23). The minimum Gasteiger partial charge on any atom is -0.481 e. The zero-order chi connectivity index (χ0) is 19.5. The Bertz CT molecular complexity index is 824. The van der Waals surface area contributed by atoms with Gasteiger partial charge in [-0.25, -0.2) is 0 Å². The van der Waals surface area contributed by atoms with E-state index in [-0.39, 0.29) is 10.7 Å². The van der Waals surface area contributed by atoms with Crippen molar-refractivity contribution >= 4 is 40.7 Å². The lowest BCUT2D eigenvalue weighted by atomic mass is 10.1. The summed E-state index contributed by atoms with van der Waals surface area (Å²) >= 11 is 0.834. The summed E-state index contributed by atoms with van der Waals surface area (Å²) in [6, 6.07) is 2.23. The minimum absolute atomic E-state index is 0.00883. The molecule has 1 amide bonds. The second-order valence-electron chi connectivity index (χ2n) is 4.87. The Morgan fingerprint density at radius 3 is 2.73 bits per heavy atom. The van der Waals surface area contributed by atoms with Crippen LogP contribution in [0.1, 0.15) is 17.5 Å². The third-order valence-corrected chi connectivity index (χ3v) is 4.09. The Balaban J connectivity index is 2.16. The van der Waals surface area contributed by atoms with E-state index in [0.29, 0.717) is 12.1 Å². The highest BCUT2D eigenvalue weighted by molar-refractivity contribution is 8.15. The van der Waals surface area contributed by atoms with Crippen LogP contribution in [-0.2, 0) is 15.8 Å². The molecule has 0 aromatic heterocycles. The Morgan fingerprint density at radius 1 is 1.46 bits per heavy atom. The van der Waals surface area contributed by atoms with Gasteiger partial charge in [0, 0.05) is 11.6 Å². The highest BCUT2D eigenvalue weighted by Crippen LogP contribution is 2.36. The number of carbonyl (C=O) groups excluding carboxylic acids is 1. The molecule has 0 aliphatic carbocycles. The fourth-order valence-electron chi connectivity index (χ4n) is 1.91. The minimum atomic E-state index is -4.87. The van der Waals surface area contributed by atoms with Crippen LogP contribution < -0.4 is 5.32 Å². The summed E-state index contributed by atoms with van der Waals surface area (Å²) in [6.07, 6.45) is -4.32. The maximum absolute atomic E-state index is 12.7. The number of aliphatic carboxylic acids is 1. The van der Waals surface area contributed by atoms with Gasteiger partial charge in [0.05, 0.1) is 17.6 Å². The van der Waals surface area contributed by atoms with E-state index >= 15 is 0 Å². The molecule has 1 saturated heterocycles. The maximum atomic E-state index is 12.7.